The number of imide groups is 1. The number of hydrogen-bond donors (Lipinski definition) is 0. The van der Waals surface area contributed by atoms with Gasteiger partial charge in [0.1, 0.15) is 6.04 Å². The molecule has 0 saturated carbocycles. The van der Waals surface area contributed by atoms with Crippen LogP contribution >= 0.6 is 0 Å². The molecule has 2 aromatic rings. The lowest BCUT2D eigenvalue weighted by Crippen LogP contribution is -2.67. The highest BCUT2D eigenvalue weighted by Gasteiger charge is 2.55. The van der Waals surface area contributed by atoms with E-state index >= 15 is 0 Å². The molecule has 204 valence electrons. The Balaban J connectivity index is 1.63. The first-order valence-electron chi connectivity index (χ1n) is 13.5. The molecule has 0 spiro atoms. The van der Waals surface area contributed by atoms with E-state index in [0.717, 1.165) is 41.7 Å². The summed E-state index contributed by atoms with van der Waals surface area (Å²) in [6.07, 6.45) is 6.05. The summed E-state index contributed by atoms with van der Waals surface area (Å²) in [6, 6.07) is 12.1. The second-order valence-electron chi connectivity index (χ2n) is 9.74. The van der Waals surface area contributed by atoms with Gasteiger partial charge in [-0.15, -0.1) is 0 Å². The first-order valence-corrected chi connectivity index (χ1v) is 13.5. The predicted molar refractivity (Wildman–Crippen MR) is 142 cm³/mol. The molecule has 2 heterocycles. The number of unbranched alkanes of at least 4 members (excludes halogenated alkanes) is 3. The van der Waals surface area contributed by atoms with Gasteiger partial charge >= 0.3 is 11.9 Å². The summed E-state index contributed by atoms with van der Waals surface area (Å²) in [5.74, 6) is -2.53. The molecule has 8 nitrogen and oxygen atoms in total. The summed E-state index contributed by atoms with van der Waals surface area (Å²) < 4.78 is 10.5. The van der Waals surface area contributed by atoms with Gasteiger partial charge in [-0.05, 0) is 48.9 Å². The minimum absolute atomic E-state index is 0.0313. The number of likely N-dealkylation sites (tertiary alicyclic amines) is 1. The van der Waals surface area contributed by atoms with Crippen LogP contribution in [0.1, 0.15) is 75.6 Å². The van der Waals surface area contributed by atoms with E-state index in [1.807, 2.05) is 37.3 Å². The highest BCUT2D eigenvalue weighted by Crippen LogP contribution is 2.33. The molecule has 0 bridgehead atoms. The Kier molecular flexibility index (Phi) is 11.0. The number of pyridine rings is 1. The van der Waals surface area contributed by atoms with Crippen molar-refractivity contribution in [2.75, 3.05) is 13.2 Å². The molecule has 0 N–H and O–H groups in total. The van der Waals surface area contributed by atoms with Gasteiger partial charge in [-0.2, -0.15) is 0 Å². The van der Waals surface area contributed by atoms with Crippen molar-refractivity contribution in [2.45, 2.75) is 77.7 Å². The Labute approximate surface area is 224 Å². The Morgan fingerprint density at radius 2 is 1.79 bits per heavy atom. The van der Waals surface area contributed by atoms with Gasteiger partial charge in [0, 0.05) is 12.6 Å². The molecule has 2 amide bonds. The van der Waals surface area contributed by atoms with Crippen molar-refractivity contribution in [2.24, 2.45) is 5.92 Å². The number of rotatable bonds is 14. The Morgan fingerprint density at radius 3 is 2.50 bits per heavy atom. The van der Waals surface area contributed by atoms with E-state index in [9.17, 15) is 19.2 Å². The van der Waals surface area contributed by atoms with Crippen molar-refractivity contribution in [3.8, 4) is 0 Å². The van der Waals surface area contributed by atoms with Crippen molar-refractivity contribution in [1.29, 1.82) is 0 Å². The van der Waals surface area contributed by atoms with Gasteiger partial charge < -0.3 is 9.47 Å². The predicted octanol–water partition coefficient (Wildman–Crippen LogP) is 4.40. The number of benzene rings is 1. The van der Waals surface area contributed by atoms with Gasteiger partial charge in [-0.3, -0.25) is 24.3 Å². The molecule has 1 saturated heterocycles. The zero-order valence-electron chi connectivity index (χ0n) is 22.6. The van der Waals surface area contributed by atoms with Crippen LogP contribution in [0, 0.1) is 5.92 Å². The summed E-state index contributed by atoms with van der Waals surface area (Å²) in [7, 11) is 0. The number of hydrogen-bond acceptors (Lipinski definition) is 7. The average Bonchev–Trinajstić information content (AvgIpc) is 2.90. The quantitative estimate of drug-likeness (QED) is 0.206. The fourth-order valence-electron chi connectivity index (χ4n) is 4.70. The highest BCUT2D eigenvalue weighted by molar-refractivity contribution is 6.08. The third-order valence-corrected chi connectivity index (χ3v) is 6.78. The smallest absolute Gasteiger partial charge is 0.330 e. The monoisotopic (exact) mass is 522 g/mol. The van der Waals surface area contributed by atoms with Crippen molar-refractivity contribution >= 4 is 23.8 Å². The number of carbonyl (C=O) groups excluding carboxylic acids is 4. The largest absolute Gasteiger partial charge is 0.465 e. The molecular weight excluding hydrogens is 484 g/mol. The first kappa shape index (κ1) is 29.0. The van der Waals surface area contributed by atoms with Gasteiger partial charge in [-0.25, -0.2) is 4.79 Å². The van der Waals surface area contributed by atoms with Gasteiger partial charge in [0.25, 0.3) is 0 Å². The van der Waals surface area contributed by atoms with Gasteiger partial charge in [0.15, 0.2) is 0 Å². The minimum atomic E-state index is -0.970. The number of amides is 2. The first-order chi connectivity index (χ1) is 18.3. The molecule has 38 heavy (non-hydrogen) atoms. The number of aromatic nitrogens is 1. The zero-order chi connectivity index (χ0) is 27.5. The lowest BCUT2D eigenvalue weighted by molar-refractivity contribution is -0.179. The molecule has 8 heteroatoms. The van der Waals surface area contributed by atoms with Crippen LogP contribution in [0.15, 0.2) is 48.7 Å². The average molecular weight is 523 g/mol. The molecule has 3 atom stereocenters. The maximum atomic E-state index is 13.1. The van der Waals surface area contributed by atoms with Crippen molar-refractivity contribution in [3.63, 3.8) is 0 Å². The lowest BCUT2D eigenvalue weighted by atomic mass is 9.81. The molecule has 1 aromatic heterocycles. The fraction of sp³-hybridized carbons (Fsp3) is 0.500. The Bertz CT molecular complexity index is 1100. The molecule has 3 rings (SSSR count). The van der Waals surface area contributed by atoms with Crippen molar-refractivity contribution in [3.05, 3.63) is 65.5 Å². The van der Waals surface area contributed by atoms with E-state index in [-0.39, 0.29) is 37.8 Å². The maximum absolute atomic E-state index is 13.1. The SMILES string of the molecule is CCCCCCOC(=O)Cc1cc(C[C@H]2C(=O)N(C(=O)CC(C)c3ccccc3)[C@@H]2C(=O)OCC)ccn1. The second kappa shape index (κ2) is 14.4. The van der Waals surface area contributed by atoms with Gasteiger partial charge in [0.05, 0.1) is 31.2 Å². The van der Waals surface area contributed by atoms with Crippen LogP contribution in [0.2, 0.25) is 0 Å². The number of ether oxygens (including phenoxy) is 2. The van der Waals surface area contributed by atoms with E-state index in [0.29, 0.717) is 12.3 Å². The molecule has 0 aliphatic carbocycles. The van der Waals surface area contributed by atoms with E-state index < -0.39 is 29.7 Å². The molecule has 1 aliphatic heterocycles. The number of carbonyl (C=O) groups is 4. The molecule has 1 unspecified atom stereocenters. The van der Waals surface area contributed by atoms with E-state index in [4.69, 9.17) is 9.47 Å². The van der Waals surface area contributed by atoms with Crippen LogP contribution in [0.5, 0.6) is 0 Å². The second-order valence-corrected chi connectivity index (χ2v) is 9.74. The summed E-state index contributed by atoms with van der Waals surface area (Å²) in [5, 5.41) is 0. The van der Waals surface area contributed by atoms with Crippen molar-refractivity contribution < 1.29 is 28.7 Å². The minimum Gasteiger partial charge on any atom is -0.465 e. The number of nitrogens with zero attached hydrogens (tertiary/aromatic N) is 2. The summed E-state index contributed by atoms with van der Waals surface area (Å²) in [6.45, 7) is 6.28. The number of β-lactam (4-membered cyclic amide) rings is 1. The van der Waals surface area contributed by atoms with E-state index in [1.54, 1.807) is 25.3 Å². The van der Waals surface area contributed by atoms with E-state index in [2.05, 4.69) is 11.9 Å². The topological polar surface area (TPSA) is 103 Å². The van der Waals surface area contributed by atoms with Crippen LogP contribution in [0.3, 0.4) is 0 Å². The normalized spacial score (nSPS) is 17.4. The van der Waals surface area contributed by atoms with Crippen molar-refractivity contribution in [1.82, 2.24) is 9.88 Å². The summed E-state index contributed by atoms with van der Waals surface area (Å²) in [4.78, 5) is 56.5. The summed E-state index contributed by atoms with van der Waals surface area (Å²) in [5.41, 5.74) is 2.27. The number of esters is 2. The van der Waals surface area contributed by atoms with Crippen LogP contribution in [0.4, 0.5) is 0 Å². The molecule has 1 aromatic carbocycles. The lowest BCUT2D eigenvalue weighted by Gasteiger charge is -2.44. The molecule has 1 fully saturated rings. The molecular formula is C30H38N2O6. The van der Waals surface area contributed by atoms with Crippen LogP contribution < -0.4 is 0 Å². The van der Waals surface area contributed by atoms with Crippen LogP contribution in [-0.4, -0.2) is 52.9 Å². The van der Waals surface area contributed by atoms with Gasteiger partial charge in [-0.1, -0.05) is 63.4 Å². The zero-order valence-corrected chi connectivity index (χ0v) is 22.6. The standard InChI is InChI=1S/C30H38N2O6/c1-4-6-7-11-16-38-27(34)20-24-18-22(14-15-31-24)19-25-28(30(36)37-5-2)32(29(25)35)26(33)17-21(3)23-12-9-8-10-13-23/h8-10,12-15,18,21,25,28H,4-7,11,16-17,19-20H2,1-3H3/t21?,25-,28+/m1/s1. The molecule has 0 radical (unpaired) electrons. The summed E-state index contributed by atoms with van der Waals surface area (Å²) >= 11 is 0. The Morgan fingerprint density at radius 1 is 1.03 bits per heavy atom. The highest BCUT2D eigenvalue weighted by atomic mass is 16.5. The third kappa shape index (κ3) is 7.73. The third-order valence-electron chi connectivity index (χ3n) is 6.78. The van der Waals surface area contributed by atoms with E-state index in [1.165, 1.54) is 0 Å². The maximum Gasteiger partial charge on any atom is 0.330 e. The van der Waals surface area contributed by atoms with Gasteiger partial charge in [0.2, 0.25) is 11.8 Å². The van der Waals surface area contributed by atoms with Crippen LogP contribution in [0.25, 0.3) is 0 Å². The molecule has 1 aliphatic rings. The van der Waals surface area contributed by atoms with Crippen LogP contribution in [-0.2, 0) is 41.5 Å². The Hall–Kier alpha value is -3.55. The fourth-order valence-corrected chi connectivity index (χ4v) is 4.70.